The first-order chi connectivity index (χ1) is 9.83. The van der Waals surface area contributed by atoms with Gasteiger partial charge in [-0.15, -0.1) is 12.4 Å². The maximum atomic E-state index is 5.99. The average Bonchev–Trinajstić information content (AvgIpc) is 2.53. The van der Waals surface area contributed by atoms with Crippen LogP contribution in [0.25, 0.3) is 0 Å². The second-order valence-electron chi connectivity index (χ2n) is 5.07. The molecule has 1 aliphatic heterocycles. The van der Waals surface area contributed by atoms with E-state index in [1.165, 1.54) is 5.56 Å². The van der Waals surface area contributed by atoms with E-state index in [0.29, 0.717) is 6.61 Å². The number of ether oxygens (including phenoxy) is 2. The molecule has 1 N–H and O–H groups in total. The molecule has 1 heterocycles. The van der Waals surface area contributed by atoms with Crippen LogP contribution in [0, 0.1) is 0 Å². The molecule has 0 spiro atoms. The lowest BCUT2D eigenvalue weighted by Gasteiger charge is -2.31. The lowest BCUT2D eigenvalue weighted by molar-refractivity contribution is 0.0662. The highest BCUT2D eigenvalue weighted by atomic mass is 35.5. The topological polar surface area (TPSA) is 30.5 Å². The van der Waals surface area contributed by atoms with Crippen LogP contribution in [-0.2, 0) is 6.54 Å². The standard InChI is InChI=1S/C17H19NO2.ClH/c1-13(18-11-14-7-3-2-4-8-14)17-12-19-15-9-5-6-10-16(15)20-17;/h2-10,13,17-18H,11-12H2,1H3;1H. The summed E-state index contributed by atoms with van der Waals surface area (Å²) in [5, 5.41) is 3.49. The Hall–Kier alpha value is -1.71. The Morgan fingerprint density at radius 1 is 1.05 bits per heavy atom. The van der Waals surface area contributed by atoms with Gasteiger partial charge in [0.1, 0.15) is 12.7 Å². The third kappa shape index (κ3) is 3.90. The molecule has 0 fully saturated rings. The van der Waals surface area contributed by atoms with Crippen LogP contribution in [-0.4, -0.2) is 18.8 Å². The van der Waals surface area contributed by atoms with Gasteiger partial charge in [0.25, 0.3) is 0 Å². The Labute approximate surface area is 131 Å². The Bertz CT molecular complexity index is 562. The first-order valence-corrected chi connectivity index (χ1v) is 6.99. The summed E-state index contributed by atoms with van der Waals surface area (Å²) in [5.74, 6) is 1.66. The van der Waals surface area contributed by atoms with Gasteiger partial charge in [-0.25, -0.2) is 0 Å². The monoisotopic (exact) mass is 305 g/mol. The summed E-state index contributed by atoms with van der Waals surface area (Å²) in [6.45, 7) is 3.55. The molecule has 3 rings (SSSR count). The van der Waals surface area contributed by atoms with E-state index in [2.05, 4.69) is 36.5 Å². The van der Waals surface area contributed by atoms with E-state index < -0.39 is 0 Å². The number of fused-ring (bicyclic) bond motifs is 1. The quantitative estimate of drug-likeness (QED) is 0.939. The molecule has 21 heavy (non-hydrogen) atoms. The summed E-state index contributed by atoms with van der Waals surface area (Å²) in [6, 6.07) is 18.4. The van der Waals surface area contributed by atoms with Crippen molar-refractivity contribution < 1.29 is 9.47 Å². The Kier molecular flexibility index (Phi) is 5.48. The van der Waals surface area contributed by atoms with Crippen molar-refractivity contribution in [3.63, 3.8) is 0 Å². The van der Waals surface area contributed by atoms with Crippen molar-refractivity contribution in [2.45, 2.75) is 25.6 Å². The normalized spacial score (nSPS) is 17.7. The van der Waals surface area contributed by atoms with Gasteiger partial charge in [0, 0.05) is 12.6 Å². The van der Waals surface area contributed by atoms with Gasteiger partial charge in [-0.3, -0.25) is 0 Å². The minimum atomic E-state index is 0. The summed E-state index contributed by atoms with van der Waals surface area (Å²) in [5.41, 5.74) is 1.27. The van der Waals surface area contributed by atoms with Gasteiger partial charge in [0.2, 0.25) is 0 Å². The minimum absolute atomic E-state index is 0. The molecule has 0 aliphatic carbocycles. The molecule has 0 saturated heterocycles. The molecule has 0 bridgehead atoms. The molecule has 0 radical (unpaired) electrons. The average molecular weight is 306 g/mol. The fourth-order valence-electron chi connectivity index (χ4n) is 2.29. The van der Waals surface area contributed by atoms with E-state index in [-0.39, 0.29) is 24.6 Å². The fourth-order valence-corrected chi connectivity index (χ4v) is 2.29. The predicted octanol–water partition coefficient (Wildman–Crippen LogP) is 3.43. The summed E-state index contributed by atoms with van der Waals surface area (Å²) in [6.07, 6.45) is 0.0358. The first-order valence-electron chi connectivity index (χ1n) is 6.99. The number of hydrogen-bond donors (Lipinski definition) is 1. The SMILES string of the molecule is CC(NCc1ccccc1)C1COc2ccccc2O1.Cl. The second-order valence-corrected chi connectivity index (χ2v) is 5.07. The Morgan fingerprint density at radius 2 is 1.71 bits per heavy atom. The van der Waals surface area contributed by atoms with Crippen LogP contribution < -0.4 is 14.8 Å². The number of nitrogens with one attached hydrogen (secondary N) is 1. The largest absolute Gasteiger partial charge is 0.486 e. The van der Waals surface area contributed by atoms with Crippen LogP contribution >= 0.6 is 12.4 Å². The van der Waals surface area contributed by atoms with E-state index in [1.807, 2.05) is 30.3 Å². The van der Waals surface area contributed by atoms with Crippen molar-refractivity contribution in [1.29, 1.82) is 0 Å². The third-order valence-electron chi connectivity index (χ3n) is 3.56. The zero-order chi connectivity index (χ0) is 13.8. The van der Waals surface area contributed by atoms with Crippen molar-refractivity contribution in [1.82, 2.24) is 5.32 Å². The van der Waals surface area contributed by atoms with Gasteiger partial charge in [-0.05, 0) is 24.6 Å². The molecule has 2 aromatic carbocycles. The highest BCUT2D eigenvalue weighted by Crippen LogP contribution is 2.31. The van der Waals surface area contributed by atoms with Gasteiger partial charge in [0.05, 0.1) is 0 Å². The number of halogens is 1. The van der Waals surface area contributed by atoms with Crippen LogP contribution in [0.4, 0.5) is 0 Å². The van der Waals surface area contributed by atoms with E-state index in [1.54, 1.807) is 0 Å². The maximum Gasteiger partial charge on any atom is 0.161 e. The summed E-state index contributed by atoms with van der Waals surface area (Å²) >= 11 is 0. The van der Waals surface area contributed by atoms with Crippen LogP contribution in [0.2, 0.25) is 0 Å². The van der Waals surface area contributed by atoms with E-state index in [9.17, 15) is 0 Å². The molecular weight excluding hydrogens is 286 g/mol. The molecule has 1 aliphatic rings. The van der Waals surface area contributed by atoms with Crippen molar-refractivity contribution in [2.24, 2.45) is 0 Å². The molecule has 0 amide bonds. The molecule has 0 aromatic heterocycles. The number of para-hydroxylation sites is 2. The summed E-state index contributed by atoms with van der Waals surface area (Å²) in [7, 11) is 0. The van der Waals surface area contributed by atoms with Crippen molar-refractivity contribution >= 4 is 12.4 Å². The summed E-state index contributed by atoms with van der Waals surface area (Å²) in [4.78, 5) is 0. The Morgan fingerprint density at radius 3 is 2.48 bits per heavy atom. The van der Waals surface area contributed by atoms with Crippen molar-refractivity contribution in [3.05, 3.63) is 60.2 Å². The first kappa shape index (κ1) is 15.7. The zero-order valence-corrected chi connectivity index (χ0v) is 12.8. The minimum Gasteiger partial charge on any atom is -0.486 e. The summed E-state index contributed by atoms with van der Waals surface area (Å²) < 4.78 is 11.7. The highest BCUT2D eigenvalue weighted by molar-refractivity contribution is 5.85. The molecule has 2 aromatic rings. The molecule has 3 nitrogen and oxygen atoms in total. The molecule has 2 atom stereocenters. The van der Waals surface area contributed by atoms with Crippen molar-refractivity contribution in [2.75, 3.05) is 6.61 Å². The number of benzene rings is 2. The predicted molar refractivity (Wildman–Crippen MR) is 86.3 cm³/mol. The van der Waals surface area contributed by atoms with Gasteiger partial charge < -0.3 is 14.8 Å². The van der Waals surface area contributed by atoms with E-state index in [4.69, 9.17) is 9.47 Å². The Balaban J connectivity index is 0.00000161. The maximum absolute atomic E-state index is 5.99. The molecule has 2 unspecified atom stereocenters. The van der Waals surface area contributed by atoms with Crippen LogP contribution in [0.3, 0.4) is 0 Å². The van der Waals surface area contributed by atoms with Gasteiger partial charge >= 0.3 is 0 Å². The third-order valence-corrected chi connectivity index (χ3v) is 3.56. The van der Waals surface area contributed by atoms with Gasteiger partial charge in [0.15, 0.2) is 11.5 Å². The van der Waals surface area contributed by atoms with Gasteiger partial charge in [-0.2, -0.15) is 0 Å². The second kappa shape index (κ2) is 7.34. The number of rotatable bonds is 4. The zero-order valence-electron chi connectivity index (χ0n) is 12.0. The van der Waals surface area contributed by atoms with Crippen LogP contribution in [0.15, 0.2) is 54.6 Å². The van der Waals surface area contributed by atoms with Gasteiger partial charge in [-0.1, -0.05) is 42.5 Å². The smallest absolute Gasteiger partial charge is 0.161 e. The molecule has 0 saturated carbocycles. The van der Waals surface area contributed by atoms with E-state index in [0.717, 1.165) is 18.0 Å². The highest BCUT2D eigenvalue weighted by Gasteiger charge is 2.25. The lowest BCUT2D eigenvalue weighted by Crippen LogP contribution is -2.45. The number of hydrogen-bond acceptors (Lipinski definition) is 3. The fraction of sp³-hybridized carbons (Fsp3) is 0.294. The van der Waals surface area contributed by atoms with Crippen LogP contribution in [0.1, 0.15) is 12.5 Å². The van der Waals surface area contributed by atoms with Crippen molar-refractivity contribution in [3.8, 4) is 11.5 Å². The molecule has 112 valence electrons. The van der Waals surface area contributed by atoms with E-state index >= 15 is 0 Å². The lowest BCUT2D eigenvalue weighted by atomic mass is 10.1. The molecular formula is C17H20ClNO2. The van der Waals surface area contributed by atoms with Crippen LogP contribution in [0.5, 0.6) is 11.5 Å². The molecule has 4 heteroatoms.